The predicted octanol–water partition coefficient (Wildman–Crippen LogP) is 4.19. The Bertz CT molecular complexity index is 833. The molecule has 0 atom stereocenters. The van der Waals surface area contributed by atoms with E-state index >= 15 is 0 Å². The van der Waals surface area contributed by atoms with Crippen molar-refractivity contribution in [1.29, 1.82) is 0 Å². The Balaban J connectivity index is 1.74. The Hall–Kier alpha value is -2.46. The van der Waals surface area contributed by atoms with Crippen molar-refractivity contribution in [2.24, 2.45) is 0 Å². The Morgan fingerprint density at radius 3 is 2.26 bits per heavy atom. The molecule has 1 heterocycles. The first kappa shape index (κ1) is 15.4. The van der Waals surface area contributed by atoms with Crippen molar-refractivity contribution >= 4 is 27.9 Å². The summed E-state index contributed by atoms with van der Waals surface area (Å²) in [5, 5.41) is 0. The zero-order chi connectivity index (χ0) is 16.2. The van der Waals surface area contributed by atoms with Crippen LogP contribution in [0.25, 0.3) is 17.3 Å². The van der Waals surface area contributed by atoms with Gasteiger partial charge >= 0.3 is 0 Å². The molecule has 1 aromatic heterocycles. The number of imidazole rings is 1. The zero-order valence-electron chi connectivity index (χ0n) is 12.5. The van der Waals surface area contributed by atoms with E-state index in [0.29, 0.717) is 12.1 Å². The standard InChI is InChI=1S/C19H16BrN2O/c1-2-21-11-12-22(14-21)13-19(23)17-5-3-15(4-6-17)16-7-9-18(20)10-8-16/h2-12,14H,1,13H2/q+1. The van der Waals surface area contributed by atoms with Gasteiger partial charge in [0.2, 0.25) is 12.1 Å². The second kappa shape index (κ2) is 6.75. The number of hydrogen-bond acceptors (Lipinski definition) is 1. The first-order chi connectivity index (χ1) is 11.2. The molecule has 0 N–H and O–H groups in total. The van der Waals surface area contributed by atoms with Crippen molar-refractivity contribution in [1.82, 2.24) is 4.57 Å². The van der Waals surface area contributed by atoms with Crippen LogP contribution in [0.5, 0.6) is 0 Å². The molecular formula is C19H16BrN2O+. The number of ketones is 1. The number of carbonyl (C=O) groups is 1. The zero-order valence-corrected chi connectivity index (χ0v) is 14.1. The van der Waals surface area contributed by atoms with Crippen LogP contribution in [0, 0.1) is 0 Å². The summed E-state index contributed by atoms with van der Waals surface area (Å²) >= 11 is 3.43. The van der Waals surface area contributed by atoms with Gasteiger partial charge in [-0.2, -0.15) is 0 Å². The number of benzene rings is 2. The molecule has 0 bridgehead atoms. The van der Waals surface area contributed by atoms with Crippen LogP contribution >= 0.6 is 15.9 Å². The van der Waals surface area contributed by atoms with E-state index in [1.165, 1.54) is 0 Å². The van der Waals surface area contributed by atoms with Gasteiger partial charge in [0.1, 0.15) is 12.4 Å². The average Bonchev–Trinajstić information content (AvgIpc) is 3.03. The summed E-state index contributed by atoms with van der Waals surface area (Å²) in [5.74, 6) is 0.0826. The molecule has 0 aliphatic rings. The van der Waals surface area contributed by atoms with E-state index in [1.807, 2.05) is 64.3 Å². The van der Waals surface area contributed by atoms with Gasteiger partial charge in [-0.1, -0.05) is 58.9 Å². The molecule has 3 aromatic rings. The Morgan fingerprint density at radius 1 is 1.09 bits per heavy atom. The van der Waals surface area contributed by atoms with Crippen molar-refractivity contribution in [2.45, 2.75) is 6.54 Å². The van der Waals surface area contributed by atoms with Gasteiger partial charge in [-0.25, -0.2) is 9.13 Å². The average molecular weight is 368 g/mol. The second-order valence-electron chi connectivity index (χ2n) is 5.22. The number of aromatic nitrogens is 2. The van der Waals surface area contributed by atoms with Gasteiger partial charge in [0.15, 0.2) is 6.54 Å². The normalized spacial score (nSPS) is 10.5. The first-order valence-corrected chi connectivity index (χ1v) is 8.03. The third-order valence-corrected chi connectivity index (χ3v) is 4.16. The minimum absolute atomic E-state index is 0.0826. The quantitative estimate of drug-likeness (QED) is 0.490. The van der Waals surface area contributed by atoms with Crippen LogP contribution in [0.4, 0.5) is 0 Å². The fourth-order valence-electron chi connectivity index (χ4n) is 2.36. The number of hydrogen-bond donors (Lipinski definition) is 0. The smallest absolute Gasteiger partial charge is 0.248 e. The van der Waals surface area contributed by atoms with Crippen molar-refractivity contribution in [2.75, 3.05) is 0 Å². The molecule has 0 fully saturated rings. The highest BCUT2D eigenvalue weighted by atomic mass is 79.9. The van der Waals surface area contributed by atoms with Crippen molar-refractivity contribution in [3.63, 3.8) is 0 Å². The Labute approximate surface area is 143 Å². The number of halogens is 1. The largest absolute Gasteiger partial charge is 0.290 e. The van der Waals surface area contributed by atoms with E-state index in [0.717, 1.165) is 15.6 Å². The molecule has 2 aromatic carbocycles. The van der Waals surface area contributed by atoms with Crippen LogP contribution in [-0.2, 0) is 6.54 Å². The van der Waals surface area contributed by atoms with Gasteiger partial charge in [-0.15, -0.1) is 0 Å². The number of rotatable bonds is 5. The highest BCUT2D eigenvalue weighted by molar-refractivity contribution is 9.10. The van der Waals surface area contributed by atoms with Crippen LogP contribution < -0.4 is 4.57 Å². The maximum absolute atomic E-state index is 12.3. The van der Waals surface area contributed by atoms with Crippen LogP contribution in [-0.4, -0.2) is 10.4 Å². The van der Waals surface area contributed by atoms with Gasteiger partial charge in [0.25, 0.3) is 0 Å². The molecule has 0 aliphatic carbocycles. The molecule has 3 nitrogen and oxygen atoms in total. The summed E-state index contributed by atoms with van der Waals surface area (Å²) in [5.41, 5.74) is 2.94. The van der Waals surface area contributed by atoms with Crippen molar-refractivity contribution < 1.29 is 9.36 Å². The van der Waals surface area contributed by atoms with E-state index in [4.69, 9.17) is 0 Å². The van der Waals surface area contributed by atoms with Gasteiger partial charge in [-0.3, -0.25) is 4.79 Å². The Kier molecular flexibility index (Phi) is 4.53. The molecule has 0 unspecified atom stereocenters. The van der Waals surface area contributed by atoms with Gasteiger partial charge in [0.05, 0.1) is 6.20 Å². The summed E-state index contributed by atoms with van der Waals surface area (Å²) in [4.78, 5) is 12.3. The first-order valence-electron chi connectivity index (χ1n) is 7.24. The molecule has 0 amide bonds. The molecule has 0 saturated heterocycles. The number of Topliss-reactive ketones (excluding diaryl/α,β-unsaturated/α-hetero) is 1. The maximum atomic E-state index is 12.3. The number of nitrogens with zero attached hydrogens (tertiary/aromatic N) is 2. The Morgan fingerprint density at radius 2 is 1.70 bits per heavy atom. The fourth-order valence-corrected chi connectivity index (χ4v) is 2.62. The molecular weight excluding hydrogens is 352 g/mol. The molecule has 0 radical (unpaired) electrons. The summed E-state index contributed by atoms with van der Waals surface area (Å²) < 4.78 is 4.70. The lowest BCUT2D eigenvalue weighted by Gasteiger charge is -2.04. The van der Waals surface area contributed by atoms with E-state index in [-0.39, 0.29) is 5.78 Å². The second-order valence-corrected chi connectivity index (χ2v) is 6.14. The van der Waals surface area contributed by atoms with E-state index in [9.17, 15) is 4.79 Å². The SMILES string of the molecule is C=Cn1cc[n+](CC(=O)c2ccc(-c3ccc(Br)cc3)cc2)c1. The highest BCUT2D eigenvalue weighted by Gasteiger charge is 2.11. The van der Waals surface area contributed by atoms with Crippen molar-refractivity contribution in [3.8, 4) is 11.1 Å². The molecule has 114 valence electrons. The van der Waals surface area contributed by atoms with Crippen LogP contribution in [0.3, 0.4) is 0 Å². The lowest BCUT2D eigenvalue weighted by Crippen LogP contribution is -2.35. The van der Waals surface area contributed by atoms with Crippen LogP contribution in [0.2, 0.25) is 0 Å². The molecule has 23 heavy (non-hydrogen) atoms. The van der Waals surface area contributed by atoms with E-state index < -0.39 is 0 Å². The molecule has 0 saturated carbocycles. The summed E-state index contributed by atoms with van der Waals surface area (Å²) in [7, 11) is 0. The fraction of sp³-hybridized carbons (Fsp3) is 0.0526. The topological polar surface area (TPSA) is 25.9 Å². The number of carbonyl (C=O) groups excluding carboxylic acids is 1. The molecule has 0 spiro atoms. The summed E-state index contributed by atoms with van der Waals surface area (Å²) in [6.45, 7) is 4.01. The lowest BCUT2D eigenvalue weighted by molar-refractivity contribution is -0.682. The molecule has 0 aliphatic heterocycles. The van der Waals surface area contributed by atoms with Crippen LogP contribution in [0.15, 0.2) is 78.3 Å². The minimum atomic E-state index is 0.0826. The third kappa shape index (κ3) is 3.66. The van der Waals surface area contributed by atoms with Crippen LogP contribution in [0.1, 0.15) is 10.4 Å². The lowest BCUT2D eigenvalue weighted by atomic mass is 10.0. The minimum Gasteiger partial charge on any atom is -0.290 e. The monoisotopic (exact) mass is 367 g/mol. The van der Waals surface area contributed by atoms with Gasteiger partial charge in [-0.05, 0) is 23.3 Å². The van der Waals surface area contributed by atoms with Crippen molar-refractivity contribution in [3.05, 3.63) is 83.9 Å². The molecule has 3 rings (SSSR count). The highest BCUT2D eigenvalue weighted by Crippen LogP contribution is 2.22. The maximum Gasteiger partial charge on any atom is 0.248 e. The predicted molar refractivity (Wildman–Crippen MR) is 94.9 cm³/mol. The third-order valence-electron chi connectivity index (χ3n) is 3.63. The summed E-state index contributed by atoms with van der Waals surface area (Å²) in [6, 6.07) is 15.8. The van der Waals surface area contributed by atoms with E-state index in [1.54, 1.807) is 6.20 Å². The molecule has 4 heteroatoms. The van der Waals surface area contributed by atoms with Gasteiger partial charge < -0.3 is 0 Å². The summed E-state index contributed by atoms with van der Waals surface area (Å²) in [6.07, 6.45) is 7.24. The van der Waals surface area contributed by atoms with Gasteiger partial charge in [0, 0.05) is 10.0 Å². The van der Waals surface area contributed by atoms with E-state index in [2.05, 4.69) is 34.6 Å².